The largest absolute Gasteiger partial charge is 0.398 e. The first-order valence-electron chi connectivity index (χ1n) is 6.33. The Morgan fingerprint density at radius 3 is 2.33 bits per heavy atom. The predicted molar refractivity (Wildman–Crippen MR) is 73.7 cm³/mol. The number of nitrogen functional groups attached to an aromatic ring is 1. The number of piperazine rings is 1. The number of nitrogens with zero attached hydrogens (tertiary/aromatic N) is 2. The van der Waals surface area contributed by atoms with Crippen molar-refractivity contribution in [1.29, 1.82) is 0 Å². The molecule has 2 rings (SSSR count). The highest BCUT2D eigenvalue weighted by molar-refractivity contribution is 5.96. The Kier molecular flexibility index (Phi) is 3.57. The third kappa shape index (κ3) is 2.48. The fourth-order valence-electron chi connectivity index (χ4n) is 2.28. The van der Waals surface area contributed by atoms with Gasteiger partial charge in [0.2, 0.25) is 0 Å². The van der Waals surface area contributed by atoms with Gasteiger partial charge >= 0.3 is 0 Å². The average Bonchev–Trinajstić information content (AvgIpc) is 2.34. The summed E-state index contributed by atoms with van der Waals surface area (Å²) in [5.41, 5.74) is 9.37. The number of rotatable bonds is 1. The standard InChI is InChI=1S/C14H21N3O/c1-10-8-11(2)13(15)9-12(10)14(18)17-6-4-16(3)5-7-17/h8-9H,4-7,15H2,1-3H3. The fourth-order valence-corrected chi connectivity index (χ4v) is 2.28. The van der Waals surface area contributed by atoms with E-state index in [1.807, 2.05) is 30.9 Å². The van der Waals surface area contributed by atoms with Crippen LogP contribution in [0, 0.1) is 13.8 Å². The summed E-state index contributed by atoms with van der Waals surface area (Å²) in [6, 6.07) is 3.80. The second-order valence-corrected chi connectivity index (χ2v) is 5.12. The number of hydrogen-bond donors (Lipinski definition) is 1. The van der Waals surface area contributed by atoms with Gasteiger partial charge in [-0.05, 0) is 38.1 Å². The second kappa shape index (κ2) is 4.98. The van der Waals surface area contributed by atoms with E-state index in [0.29, 0.717) is 5.69 Å². The Hall–Kier alpha value is -1.55. The van der Waals surface area contributed by atoms with Crippen LogP contribution in [0.5, 0.6) is 0 Å². The van der Waals surface area contributed by atoms with Crippen LogP contribution in [0.1, 0.15) is 21.5 Å². The first kappa shape index (κ1) is 12.9. The van der Waals surface area contributed by atoms with Gasteiger partial charge < -0.3 is 15.5 Å². The molecule has 4 heteroatoms. The second-order valence-electron chi connectivity index (χ2n) is 5.12. The molecular formula is C14H21N3O. The van der Waals surface area contributed by atoms with Crippen molar-refractivity contribution in [3.05, 3.63) is 28.8 Å². The maximum absolute atomic E-state index is 12.4. The molecule has 1 aliphatic heterocycles. The van der Waals surface area contributed by atoms with Crippen molar-refractivity contribution in [3.63, 3.8) is 0 Å². The van der Waals surface area contributed by atoms with Gasteiger partial charge in [0.1, 0.15) is 0 Å². The van der Waals surface area contributed by atoms with Crippen LogP contribution in [-0.4, -0.2) is 48.9 Å². The van der Waals surface area contributed by atoms with E-state index in [1.165, 1.54) is 0 Å². The van der Waals surface area contributed by atoms with Crippen molar-refractivity contribution < 1.29 is 4.79 Å². The molecular weight excluding hydrogens is 226 g/mol. The van der Waals surface area contributed by atoms with E-state index >= 15 is 0 Å². The summed E-state index contributed by atoms with van der Waals surface area (Å²) in [7, 11) is 2.08. The van der Waals surface area contributed by atoms with Crippen LogP contribution in [0.2, 0.25) is 0 Å². The van der Waals surface area contributed by atoms with Crippen molar-refractivity contribution >= 4 is 11.6 Å². The molecule has 1 aromatic carbocycles. The van der Waals surface area contributed by atoms with Gasteiger partial charge in [-0.15, -0.1) is 0 Å². The molecule has 1 fully saturated rings. The van der Waals surface area contributed by atoms with Gasteiger partial charge in [0.05, 0.1) is 0 Å². The van der Waals surface area contributed by atoms with Crippen LogP contribution in [0.15, 0.2) is 12.1 Å². The molecule has 1 aromatic rings. The lowest BCUT2D eigenvalue weighted by atomic mass is 10.0. The molecule has 0 bridgehead atoms. The summed E-state index contributed by atoms with van der Waals surface area (Å²) in [5, 5.41) is 0. The molecule has 1 aliphatic rings. The molecule has 18 heavy (non-hydrogen) atoms. The third-order valence-corrected chi connectivity index (χ3v) is 3.63. The topological polar surface area (TPSA) is 49.6 Å². The normalized spacial score (nSPS) is 16.9. The van der Waals surface area contributed by atoms with Gasteiger partial charge in [-0.3, -0.25) is 4.79 Å². The molecule has 1 heterocycles. The van der Waals surface area contributed by atoms with Crippen LogP contribution in [0.25, 0.3) is 0 Å². The first-order valence-corrected chi connectivity index (χ1v) is 6.33. The highest BCUT2D eigenvalue weighted by atomic mass is 16.2. The zero-order valence-corrected chi connectivity index (χ0v) is 11.4. The van der Waals surface area contributed by atoms with E-state index in [4.69, 9.17) is 5.73 Å². The molecule has 2 N–H and O–H groups in total. The van der Waals surface area contributed by atoms with Crippen molar-refractivity contribution in [1.82, 2.24) is 9.80 Å². The Bertz CT molecular complexity index is 462. The van der Waals surface area contributed by atoms with E-state index in [1.54, 1.807) is 0 Å². The maximum atomic E-state index is 12.4. The van der Waals surface area contributed by atoms with Crippen LogP contribution in [0.4, 0.5) is 5.69 Å². The molecule has 0 aliphatic carbocycles. The molecule has 0 aromatic heterocycles. The summed E-state index contributed by atoms with van der Waals surface area (Å²) in [6.45, 7) is 7.39. The number of carbonyl (C=O) groups is 1. The van der Waals surface area contributed by atoms with Crippen LogP contribution in [0.3, 0.4) is 0 Å². The lowest BCUT2D eigenvalue weighted by molar-refractivity contribution is 0.0663. The van der Waals surface area contributed by atoms with E-state index in [9.17, 15) is 4.79 Å². The molecule has 0 saturated carbocycles. The number of aryl methyl sites for hydroxylation is 2. The number of likely N-dealkylation sites (N-methyl/N-ethyl adjacent to an activating group) is 1. The number of hydrogen-bond acceptors (Lipinski definition) is 3. The van der Waals surface area contributed by atoms with E-state index in [2.05, 4.69) is 11.9 Å². The van der Waals surface area contributed by atoms with Crippen LogP contribution >= 0.6 is 0 Å². The predicted octanol–water partition coefficient (Wildman–Crippen LogP) is 1.27. The van der Waals surface area contributed by atoms with Crippen LogP contribution < -0.4 is 5.73 Å². The molecule has 0 radical (unpaired) electrons. The Morgan fingerprint density at radius 2 is 1.72 bits per heavy atom. The van der Waals surface area contributed by atoms with Gasteiger partial charge in [-0.1, -0.05) is 6.07 Å². The monoisotopic (exact) mass is 247 g/mol. The van der Waals surface area contributed by atoms with Gasteiger partial charge in [-0.25, -0.2) is 0 Å². The Morgan fingerprint density at radius 1 is 1.11 bits per heavy atom. The minimum Gasteiger partial charge on any atom is -0.398 e. The smallest absolute Gasteiger partial charge is 0.254 e. The number of amides is 1. The lowest BCUT2D eigenvalue weighted by Crippen LogP contribution is -2.47. The number of nitrogens with two attached hydrogens (primary N) is 1. The van der Waals surface area contributed by atoms with Crippen molar-refractivity contribution in [2.45, 2.75) is 13.8 Å². The molecule has 0 atom stereocenters. The molecule has 0 unspecified atom stereocenters. The third-order valence-electron chi connectivity index (χ3n) is 3.63. The van der Waals surface area contributed by atoms with Crippen molar-refractivity contribution in [2.24, 2.45) is 0 Å². The van der Waals surface area contributed by atoms with Gasteiger partial charge in [0, 0.05) is 37.4 Å². The molecule has 1 amide bonds. The number of anilines is 1. The molecule has 98 valence electrons. The summed E-state index contributed by atoms with van der Waals surface area (Å²) in [4.78, 5) is 16.6. The van der Waals surface area contributed by atoms with Crippen LogP contribution in [-0.2, 0) is 0 Å². The summed E-state index contributed by atoms with van der Waals surface area (Å²) >= 11 is 0. The van der Waals surface area contributed by atoms with E-state index in [-0.39, 0.29) is 5.91 Å². The quantitative estimate of drug-likeness (QED) is 0.760. The molecule has 4 nitrogen and oxygen atoms in total. The first-order chi connectivity index (χ1) is 8.49. The molecule has 1 saturated heterocycles. The zero-order valence-electron chi connectivity index (χ0n) is 11.4. The Balaban J connectivity index is 2.21. The van der Waals surface area contributed by atoms with E-state index < -0.39 is 0 Å². The average molecular weight is 247 g/mol. The minimum atomic E-state index is 0.104. The summed E-state index contributed by atoms with van der Waals surface area (Å²) < 4.78 is 0. The van der Waals surface area contributed by atoms with E-state index in [0.717, 1.165) is 42.9 Å². The summed E-state index contributed by atoms with van der Waals surface area (Å²) in [6.07, 6.45) is 0. The molecule has 0 spiro atoms. The zero-order chi connectivity index (χ0) is 13.3. The SMILES string of the molecule is Cc1cc(C)c(C(=O)N2CCN(C)CC2)cc1N. The summed E-state index contributed by atoms with van der Waals surface area (Å²) in [5.74, 6) is 0.104. The number of benzene rings is 1. The Labute approximate surface area is 108 Å². The number of carbonyl (C=O) groups excluding carboxylic acids is 1. The highest BCUT2D eigenvalue weighted by Crippen LogP contribution is 2.19. The lowest BCUT2D eigenvalue weighted by Gasteiger charge is -2.32. The van der Waals surface area contributed by atoms with Crippen molar-refractivity contribution in [2.75, 3.05) is 39.0 Å². The maximum Gasteiger partial charge on any atom is 0.254 e. The minimum absolute atomic E-state index is 0.104. The highest BCUT2D eigenvalue weighted by Gasteiger charge is 2.21. The van der Waals surface area contributed by atoms with Gasteiger partial charge in [0.15, 0.2) is 0 Å². The fraction of sp³-hybridized carbons (Fsp3) is 0.500. The van der Waals surface area contributed by atoms with Gasteiger partial charge in [-0.2, -0.15) is 0 Å². The van der Waals surface area contributed by atoms with Crippen molar-refractivity contribution in [3.8, 4) is 0 Å². The van der Waals surface area contributed by atoms with Gasteiger partial charge in [0.25, 0.3) is 5.91 Å².